The number of aryl methyl sites for hydroxylation is 2. The van der Waals surface area contributed by atoms with Gasteiger partial charge in [0.1, 0.15) is 11.5 Å². The first kappa shape index (κ1) is 14.1. The third kappa shape index (κ3) is 4.42. The minimum atomic E-state index is -4.70. The zero-order valence-corrected chi connectivity index (χ0v) is 10.3. The van der Waals surface area contributed by atoms with E-state index in [0.29, 0.717) is 24.1 Å². The standard InChI is InChI=1S/C13H11F3N2O2/c14-13(15,16)20-12-3-1-2-9(6-12)4-5-10-7-11(19)8-17-18-10/h1-3,6-8H,4-5H2,(H,18,19). The van der Waals surface area contributed by atoms with Gasteiger partial charge in [0.05, 0.1) is 11.9 Å². The number of hydrogen-bond donors (Lipinski definition) is 1. The molecule has 0 unspecified atom stereocenters. The normalized spacial score (nSPS) is 11.3. The minimum absolute atomic E-state index is 0.00385. The predicted molar refractivity (Wildman–Crippen MR) is 64.2 cm³/mol. The van der Waals surface area contributed by atoms with E-state index in [1.807, 2.05) is 0 Å². The first-order valence-corrected chi connectivity index (χ1v) is 5.78. The Bertz CT molecular complexity index is 588. The summed E-state index contributed by atoms with van der Waals surface area (Å²) in [7, 11) is 0. The second-order valence-electron chi connectivity index (χ2n) is 4.10. The molecular weight excluding hydrogens is 273 g/mol. The molecule has 0 radical (unpaired) electrons. The first-order valence-electron chi connectivity index (χ1n) is 5.78. The van der Waals surface area contributed by atoms with Gasteiger partial charge in [0.2, 0.25) is 0 Å². The van der Waals surface area contributed by atoms with Crippen molar-refractivity contribution in [2.45, 2.75) is 19.2 Å². The van der Waals surface area contributed by atoms with Crippen LogP contribution < -0.4 is 4.74 Å². The summed E-state index contributed by atoms with van der Waals surface area (Å²) in [5.41, 5.74) is 1.24. The molecule has 0 bridgehead atoms. The fourth-order valence-electron chi connectivity index (χ4n) is 1.69. The van der Waals surface area contributed by atoms with Gasteiger partial charge in [0.15, 0.2) is 0 Å². The number of ether oxygens (including phenoxy) is 1. The summed E-state index contributed by atoms with van der Waals surface area (Å²) >= 11 is 0. The zero-order chi connectivity index (χ0) is 14.6. The molecule has 0 aliphatic heterocycles. The number of alkyl halides is 3. The molecule has 1 N–H and O–H groups in total. The van der Waals surface area contributed by atoms with Gasteiger partial charge in [-0.05, 0) is 30.5 Å². The van der Waals surface area contributed by atoms with Crippen LogP contribution in [0.5, 0.6) is 11.5 Å². The summed E-state index contributed by atoms with van der Waals surface area (Å²) in [6.07, 6.45) is -2.57. The smallest absolute Gasteiger partial charge is 0.506 e. The maximum Gasteiger partial charge on any atom is 0.573 e. The molecule has 1 heterocycles. The third-order valence-corrected chi connectivity index (χ3v) is 2.49. The molecule has 0 saturated heterocycles. The van der Waals surface area contributed by atoms with E-state index < -0.39 is 6.36 Å². The van der Waals surface area contributed by atoms with E-state index in [0.717, 1.165) is 0 Å². The average Bonchev–Trinajstić information content (AvgIpc) is 2.35. The lowest BCUT2D eigenvalue weighted by atomic mass is 10.1. The van der Waals surface area contributed by atoms with E-state index in [2.05, 4.69) is 14.9 Å². The second-order valence-corrected chi connectivity index (χ2v) is 4.10. The Kier molecular flexibility index (Phi) is 4.07. The minimum Gasteiger partial charge on any atom is -0.506 e. The third-order valence-electron chi connectivity index (χ3n) is 2.49. The molecule has 0 spiro atoms. The Hall–Kier alpha value is -2.31. The van der Waals surface area contributed by atoms with E-state index in [1.165, 1.54) is 30.5 Å². The Morgan fingerprint density at radius 3 is 2.65 bits per heavy atom. The number of benzene rings is 1. The Labute approximate surface area is 112 Å². The molecule has 106 valence electrons. The number of rotatable bonds is 4. The van der Waals surface area contributed by atoms with Crippen molar-refractivity contribution in [2.75, 3.05) is 0 Å². The van der Waals surface area contributed by atoms with E-state index in [4.69, 9.17) is 0 Å². The fourth-order valence-corrected chi connectivity index (χ4v) is 1.69. The molecule has 4 nitrogen and oxygen atoms in total. The molecule has 2 rings (SSSR count). The van der Waals surface area contributed by atoms with Crippen LogP contribution in [-0.2, 0) is 12.8 Å². The van der Waals surface area contributed by atoms with Crippen LogP contribution in [0.3, 0.4) is 0 Å². The Morgan fingerprint density at radius 1 is 1.15 bits per heavy atom. The van der Waals surface area contributed by atoms with E-state index in [1.54, 1.807) is 6.07 Å². The highest BCUT2D eigenvalue weighted by Gasteiger charge is 2.31. The number of nitrogens with zero attached hydrogens (tertiary/aromatic N) is 2. The van der Waals surface area contributed by atoms with E-state index >= 15 is 0 Å². The van der Waals surface area contributed by atoms with Crippen LogP contribution in [0.25, 0.3) is 0 Å². The van der Waals surface area contributed by atoms with Crippen molar-refractivity contribution < 1.29 is 23.0 Å². The van der Waals surface area contributed by atoms with Crippen molar-refractivity contribution >= 4 is 0 Å². The molecule has 20 heavy (non-hydrogen) atoms. The van der Waals surface area contributed by atoms with Crippen molar-refractivity contribution in [2.24, 2.45) is 0 Å². The Balaban J connectivity index is 2.01. The summed E-state index contributed by atoms with van der Waals surface area (Å²) in [6, 6.07) is 7.21. The molecular formula is C13H11F3N2O2. The molecule has 0 amide bonds. The molecule has 2 aromatic rings. The number of halogens is 3. The van der Waals surface area contributed by atoms with Crippen LogP contribution in [0.2, 0.25) is 0 Å². The average molecular weight is 284 g/mol. The molecule has 0 saturated carbocycles. The van der Waals surface area contributed by atoms with Crippen molar-refractivity contribution in [3.63, 3.8) is 0 Å². The van der Waals surface area contributed by atoms with Gasteiger partial charge in [-0.25, -0.2) is 0 Å². The van der Waals surface area contributed by atoms with Crippen molar-refractivity contribution in [1.29, 1.82) is 0 Å². The van der Waals surface area contributed by atoms with Crippen molar-refractivity contribution in [1.82, 2.24) is 10.2 Å². The number of hydrogen-bond acceptors (Lipinski definition) is 4. The first-order chi connectivity index (χ1) is 9.42. The lowest BCUT2D eigenvalue weighted by molar-refractivity contribution is -0.274. The van der Waals surface area contributed by atoms with Gasteiger partial charge in [-0.1, -0.05) is 12.1 Å². The molecule has 7 heteroatoms. The highest BCUT2D eigenvalue weighted by molar-refractivity contribution is 5.29. The highest BCUT2D eigenvalue weighted by atomic mass is 19.4. The molecule has 0 aliphatic rings. The van der Waals surface area contributed by atoms with Crippen LogP contribution in [0.15, 0.2) is 36.5 Å². The molecule has 1 aromatic heterocycles. The Morgan fingerprint density at radius 2 is 1.95 bits per heavy atom. The van der Waals surface area contributed by atoms with Crippen LogP contribution >= 0.6 is 0 Å². The maximum absolute atomic E-state index is 12.1. The van der Waals surface area contributed by atoms with Crippen LogP contribution in [0.1, 0.15) is 11.3 Å². The van der Waals surface area contributed by atoms with E-state index in [9.17, 15) is 18.3 Å². The van der Waals surface area contributed by atoms with Gasteiger partial charge < -0.3 is 9.84 Å². The van der Waals surface area contributed by atoms with Gasteiger partial charge >= 0.3 is 6.36 Å². The molecule has 1 aromatic carbocycles. The zero-order valence-electron chi connectivity index (χ0n) is 10.3. The fraction of sp³-hybridized carbons (Fsp3) is 0.231. The summed E-state index contributed by atoms with van der Waals surface area (Å²) in [5.74, 6) is -0.249. The van der Waals surface area contributed by atoms with Crippen LogP contribution in [0.4, 0.5) is 13.2 Å². The molecule has 0 atom stereocenters. The summed E-state index contributed by atoms with van der Waals surface area (Å²) in [5, 5.41) is 16.6. The SMILES string of the molecule is Oc1cnnc(CCc2cccc(OC(F)(F)F)c2)c1. The topological polar surface area (TPSA) is 55.2 Å². The van der Waals surface area contributed by atoms with Gasteiger partial charge in [-0.3, -0.25) is 0 Å². The lowest BCUT2D eigenvalue weighted by Crippen LogP contribution is -2.17. The van der Waals surface area contributed by atoms with Crippen molar-refractivity contribution in [3.05, 3.63) is 47.8 Å². The predicted octanol–water partition coefficient (Wildman–Crippen LogP) is 2.87. The molecule has 0 fully saturated rings. The van der Waals surface area contributed by atoms with Gasteiger partial charge in [-0.2, -0.15) is 10.2 Å². The quantitative estimate of drug-likeness (QED) is 0.938. The largest absolute Gasteiger partial charge is 0.573 e. The van der Waals surface area contributed by atoms with E-state index in [-0.39, 0.29) is 11.5 Å². The summed E-state index contributed by atoms with van der Waals surface area (Å²) < 4.78 is 40.1. The van der Waals surface area contributed by atoms with Gasteiger partial charge in [-0.15, -0.1) is 13.2 Å². The molecule has 0 aliphatic carbocycles. The number of aromatic nitrogens is 2. The lowest BCUT2D eigenvalue weighted by Gasteiger charge is -2.09. The second kappa shape index (κ2) is 5.77. The monoisotopic (exact) mass is 284 g/mol. The number of aromatic hydroxyl groups is 1. The van der Waals surface area contributed by atoms with Crippen LogP contribution in [0, 0.1) is 0 Å². The van der Waals surface area contributed by atoms with Crippen molar-refractivity contribution in [3.8, 4) is 11.5 Å². The summed E-state index contributed by atoms with van der Waals surface area (Å²) in [6.45, 7) is 0. The van der Waals surface area contributed by atoms with Gasteiger partial charge in [0.25, 0.3) is 0 Å². The summed E-state index contributed by atoms with van der Waals surface area (Å²) in [4.78, 5) is 0. The van der Waals surface area contributed by atoms with Gasteiger partial charge in [0, 0.05) is 6.07 Å². The van der Waals surface area contributed by atoms with Crippen LogP contribution in [-0.4, -0.2) is 21.7 Å². The maximum atomic E-state index is 12.1. The highest BCUT2D eigenvalue weighted by Crippen LogP contribution is 2.23.